The SMILES string of the molecule is CCCCC1CCC(C(=O)NCCn2nc(-c3ccccn3)c3c2CCCC3)CC1. The zero-order valence-corrected chi connectivity index (χ0v) is 18.4. The second-order valence-corrected chi connectivity index (χ2v) is 9.07. The van der Waals surface area contributed by atoms with E-state index in [1.807, 2.05) is 24.4 Å². The molecule has 0 bridgehead atoms. The Bertz CT molecular complexity index is 821. The number of carbonyl (C=O) groups is 1. The number of rotatable bonds is 8. The molecule has 1 amide bonds. The Balaban J connectivity index is 1.32. The summed E-state index contributed by atoms with van der Waals surface area (Å²) >= 11 is 0. The van der Waals surface area contributed by atoms with Crippen LogP contribution in [-0.4, -0.2) is 27.2 Å². The average molecular weight is 409 g/mol. The van der Waals surface area contributed by atoms with Crippen LogP contribution in [0, 0.1) is 11.8 Å². The molecule has 2 aliphatic rings. The van der Waals surface area contributed by atoms with Crippen molar-refractivity contribution in [1.29, 1.82) is 0 Å². The highest BCUT2D eigenvalue weighted by Crippen LogP contribution is 2.32. The third-order valence-corrected chi connectivity index (χ3v) is 6.97. The molecule has 2 aliphatic carbocycles. The first kappa shape index (κ1) is 21.1. The van der Waals surface area contributed by atoms with Gasteiger partial charge in [0.1, 0.15) is 5.69 Å². The summed E-state index contributed by atoms with van der Waals surface area (Å²) < 4.78 is 2.13. The van der Waals surface area contributed by atoms with Gasteiger partial charge in [0.05, 0.1) is 12.2 Å². The molecule has 162 valence electrons. The Morgan fingerprint density at radius 2 is 2.00 bits per heavy atom. The molecule has 0 saturated heterocycles. The van der Waals surface area contributed by atoms with E-state index >= 15 is 0 Å². The van der Waals surface area contributed by atoms with Gasteiger partial charge in [-0.05, 0) is 69.4 Å². The summed E-state index contributed by atoms with van der Waals surface area (Å²) in [6.07, 6.45) is 14.9. The standard InChI is InChI=1S/C25H36N4O/c1-2-3-8-19-12-14-20(15-13-19)25(30)27-17-18-29-23-11-5-4-9-21(23)24(28-29)22-10-6-7-16-26-22/h6-7,10,16,19-20H,2-5,8-9,11-15,17-18H2,1H3,(H,27,30). The molecule has 0 atom stereocenters. The van der Waals surface area contributed by atoms with Crippen molar-refractivity contribution in [2.75, 3.05) is 6.54 Å². The van der Waals surface area contributed by atoms with Crippen LogP contribution in [0.15, 0.2) is 24.4 Å². The topological polar surface area (TPSA) is 59.8 Å². The molecule has 0 aromatic carbocycles. The Labute approximate surface area is 180 Å². The highest BCUT2D eigenvalue weighted by atomic mass is 16.1. The van der Waals surface area contributed by atoms with Gasteiger partial charge in [-0.2, -0.15) is 5.10 Å². The van der Waals surface area contributed by atoms with Crippen LogP contribution in [-0.2, 0) is 24.2 Å². The van der Waals surface area contributed by atoms with E-state index in [9.17, 15) is 4.79 Å². The first-order valence-electron chi connectivity index (χ1n) is 12.0. The maximum atomic E-state index is 12.7. The molecule has 1 fully saturated rings. The van der Waals surface area contributed by atoms with Gasteiger partial charge in [-0.1, -0.05) is 32.3 Å². The average Bonchev–Trinajstić information content (AvgIpc) is 3.17. The Hall–Kier alpha value is -2.17. The van der Waals surface area contributed by atoms with E-state index in [-0.39, 0.29) is 11.8 Å². The molecule has 1 N–H and O–H groups in total. The summed E-state index contributed by atoms with van der Waals surface area (Å²) in [4.78, 5) is 17.2. The second-order valence-electron chi connectivity index (χ2n) is 9.07. The van der Waals surface area contributed by atoms with Crippen LogP contribution in [0.5, 0.6) is 0 Å². The van der Waals surface area contributed by atoms with Gasteiger partial charge in [0.2, 0.25) is 5.91 Å². The minimum absolute atomic E-state index is 0.207. The lowest BCUT2D eigenvalue weighted by Crippen LogP contribution is -2.35. The lowest BCUT2D eigenvalue weighted by atomic mass is 9.79. The molecular weight excluding hydrogens is 372 g/mol. The maximum Gasteiger partial charge on any atom is 0.223 e. The molecule has 30 heavy (non-hydrogen) atoms. The summed E-state index contributed by atoms with van der Waals surface area (Å²) in [5.41, 5.74) is 4.68. The molecule has 4 rings (SSSR count). The van der Waals surface area contributed by atoms with Crippen molar-refractivity contribution < 1.29 is 4.79 Å². The molecule has 0 radical (unpaired) electrons. The largest absolute Gasteiger partial charge is 0.354 e. The first-order chi connectivity index (χ1) is 14.8. The van der Waals surface area contributed by atoms with Gasteiger partial charge < -0.3 is 5.32 Å². The number of nitrogens with zero attached hydrogens (tertiary/aromatic N) is 3. The van der Waals surface area contributed by atoms with Crippen molar-refractivity contribution >= 4 is 5.91 Å². The predicted molar refractivity (Wildman–Crippen MR) is 120 cm³/mol. The van der Waals surface area contributed by atoms with Crippen molar-refractivity contribution in [3.63, 3.8) is 0 Å². The third kappa shape index (κ3) is 4.93. The number of hydrogen-bond donors (Lipinski definition) is 1. The van der Waals surface area contributed by atoms with Crippen LogP contribution in [0.25, 0.3) is 11.4 Å². The predicted octanol–water partition coefficient (Wildman–Crippen LogP) is 4.94. The summed E-state index contributed by atoms with van der Waals surface area (Å²) in [5.74, 6) is 1.29. The molecule has 0 spiro atoms. The van der Waals surface area contributed by atoms with Crippen LogP contribution in [0.2, 0.25) is 0 Å². The lowest BCUT2D eigenvalue weighted by Gasteiger charge is -2.27. The summed E-state index contributed by atoms with van der Waals surface area (Å²) in [7, 11) is 0. The van der Waals surface area contributed by atoms with Gasteiger partial charge in [-0.25, -0.2) is 0 Å². The van der Waals surface area contributed by atoms with Crippen molar-refractivity contribution in [3.05, 3.63) is 35.7 Å². The third-order valence-electron chi connectivity index (χ3n) is 6.97. The molecule has 1 saturated carbocycles. The molecule has 0 aliphatic heterocycles. The number of carbonyl (C=O) groups excluding carboxylic acids is 1. The van der Waals surface area contributed by atoms with E-state index in [0.717, 1.165) is 49.5 Å². The smallest absolute Gasteiger partial charge is 0.223 e. The molecule has 2 aromatic rings. The molecule has 0 unspecified atom stereocenters. The quantitative estimate of drug-likeness (QED) is 0.673. The van der Waals surface area contributed by atoms with Gasteiger partial charge in [0.15, 0.2) is 0 Å². The number of amides is 1. The molecule has 2 aromatic heterocycles. The zero-order chi connectivity index (χ0) is 20.8. The van der Waals surface area contributed by atoms with E-state index in [0.29, 0.717) is 6.54 Å². The zero-order valence-electron chi connectivity index (χ0n) is 18.4. The number of aromatic nitrogens is 3. The number of hydrogen-bond acceptors (Lipinski definition) is 3. The Morgan fingerprint density at radius 3 is 2.77 bits per heavy atom. The highest BCUT2D eigenvalue weighted by Gasteiger charge is 2.26. The van der Waals surface area contributed by atoms with E-state index in [2.05, 4.69) is 21.9 Å². The lowest BCUT2D eigenvalue weighted by molar-refractivity contribution is -0.126. The number of fused-ring (bicyclic) bond motifs is 1. The normalized spacial score (nSPS) is 21.2. The Kier molecular flexibility index (Phi) is 7.19. The van der Waals surface area contributed by atoms with E-state index in [4.69, 9.17) is 5.10 Å². The van der Waals surface area contributed by atoms with Crippen LogP contribution >= 0.6 is 0 Å². The summed E-state index contributed by atoms with van der Waals surface area (Å²) in [6, 6.07) is 6.01. The second kappa shape index (κ2) is 10.2. The van der Waals surface area contributed by atoms with E-state index in [1.165, 1.54) is 56.2 Å². The van der Waals surface area contributed by atoms with Gasteiger partial charge in [-0.3, -0.25) is 14.5 Å². The van der Waals surface area contributed by atoms with Gasteiger partial charge >= 0.3 is 0 Å². The van der Waals surface area contributed by atoms with Crippen molar-refractivity contribution in [2.45, 2.75) is 84.1 Å². The van der Waals surface area contributed by atoms with Crippen molar-refractivity contribution in [2.24, 2.45) is 11.8 Å². The fourth-order valence-electron chi connectivity index (χ4n) is 5.20. The maximum absolute atomic E-state index is 12.7. The first-order valence-corrected chi connectivity index (χ1v) is 12.0. The fraction of sp³-hybridized carbons (Fsp3) is 0.640. The monoisotopic (exact) mass is 408 g/mol. The summed E-state index contributed by atoms with van der Waals surface area (Å²) in [6.45, 7) is 3.66. The molecule has 2 heterocycles. The summed E-state index contributed by atoms with van der Waals surface area (Å²) in [5, 5.41) is 8.11. The minimum Gasteiger partial charge on any atom is -0.354 e. The van der Waals surface area contributed by atoms with Crippen LogP contribution in [0.4, 0.5) is 0 Å². The van der Waals surface area contributed by atoms with Crippen molar-refractivity contribution in [3.8, 4) is 11.4 Å². The van der Waals surface area contributed by atoms with Crippen LogP contribution in [0.3, 0.4) is 0 Å². The van der Waals surface area contributed by atoms with Gasteiger partial charge in [-0.15, -0.1) is 0 Å². The number of unbranched alkanes of at least 4 members (excludes halogenated alkanes) is 1. The number of nitrogens with one attached hydrogen (secondary N) is 1. The molecular formula is C25H36N4O. The van der Waals surface area contributed by atoms with Crippen LogP contribution < -0.4 is 5.32 Å². The van der Waals surface area contributed by atoms with Crippen LogP contribution in [0.1, 0.15) is 76.0 Å². The van der Waals surface area contributed by atoms with Gasteiger partial charge in [0.25, 0.3) is 0 Å². The Morgan fingerprint density at radius 1 is 1.17 bits per heavy atom. The van der Waals surface area contributed by atoms with E-state index in [1.54, 1.807) is 0 Å². The molecule has 5 heteroatoms. The van der Waals surface area contributed by atoms with E-state index < -0.39 is 0 Å². The fourth-order valence-corrected chi connectivity index (χ4v) is 5.20. The van der Waals surface area contributed by atoms with Crippen molar-refractivity contribution in [1.82, 2.24) is 20.1 Å². The van der Waals surface area contributed by atoms with Gasteiger partial charge in [0, 0.05) is 29.9 Å². The molecule has 5 nitrogen and oxygen atoms in total. The highest BCUT2D eigenvalue weighted by molar-refractivity contribution is 5.78. The number of pyridine rings is 1. The minimum atomic E-state index is 0.207.